The van der Waals surface area contributed by atoms with Crippen LogP contribution >= 0.6 is 0 Å². The maximum atomic E-state index is 13.6. The molecule has 0 saturated carbocycles. The van der Waals surface area contributed by atoms with Crippen molar-refractivity contribution in [3.05, 3.63) is 46.4 Å². The van der Waals surface area contributed by atoms with Gasteiger partial charge in [0.05, 0.1) is 17.7 Å². The predicted octanol–water partition coefficient (Wildman–Crippen LogP) is 2.06. The van der Waals surface area contributed by atoms with Crippen molar-refractivity contribution in [3.63, 3.8) is 0 Å². The largest absolute Gasteiger partial charge is 0.394 e. The van der Waals surface area contributed by atoms with Crippen LogP contribution in [0.2, 0.25) is 0 Å². The molecule has 0 spiro atoms. The summed E-state index contributed by atoms with van der Waals surface area (Å²) in [5.41, 5.74) is 0.321. The molecule has 116 valence electrons. The molecule has 9 heteroatoms. The van der Waals surface area contributed by atoms with Crippen LogP contribution in [0.3, 0.4) is 0 Å². The first-order chi connectivity index (χ1) is 10.5. The Bertz CT molecular complexity index is 682. The third-order valence-electron chi connectivity index (χ3n) is 2.71. The molecule has 0 aliphatic rings. The minimum atomic E-state index is -0.662. The molecule has 1 unspecified atom stereocenters. The molecule has 2 aromatic rings. The van der Waals surface area contributed by atoms with E-state index in [0.717, 1.165) is 6.20 Å². The summed E-state index contributed by atoms with van der Waals surface area (Å²) in [5.74, 6) is -0.649. The van der Waals surface area contributed by atoms with Gasteiger partial charge in [0.1, 0.15) is 0 Å². The lowest BCUT2D eigenvalue weighted by molar-refractivity contribution is -0.384. The fraction of sp³-hybridized carbons (Fsp3) is 0.231. The average Bonchev–Trinajstić information content (AvgIpc) is 2.50. The van der Waals surface area contributed by atoms with E-state index >= 15 is 0 Å². The number of anilines is 3. The lowest BCUT2D eigenvalue weighted by Gasteiger charge is -2.13. The van der Waals surface area contributed by atoms with E-state index in [1.165, 1.54) is 18.2 Å². The first-order valence-electron chi connectivity index (χ1n) is 6.41. The fourth-order valence-corrected chi connectivity index (χ4v) is 1.63. The minimum Gasteiger partial charge on any atom is -0.394 e. The molecule has 1 atom stereocenters. The number of nitrogens with zero attached hydrogens (tertiary/aromatic N) is 3. The van der Waals surface area contributed by atoms with Gasteiger partial charge in [-0.3, -0.25) is 10.1 Å². The van der Waals surface area contributed by atoms with E-state index in [1.54, 1.807) is 13.0 Å². The number of hydrogen-bond donors (Lipinski definition) is 3. The van der Waals surface area contributed by atoms with Crippen molar-refractivity contribution >= 4 is 23.1 Å². The quantitative estimate of drug-likeness (QED) is 0.553. The van der Waals surface area contributed by atoms with Crippen molar-refractivity contribution < 1.29 is 14.4 Å². The number of nitro benzene ring substituents is 1. The van der Waals surface area contributed by atoms with Crippen LogP contribution in [-0.4, -0.2) is 32.6 Å². The monoisotopic (exact) mass is 307 g/mol. The van der Waals surface area contributed by atoms with E-state index in [9.17, 15) is 14.5 Å². The second-order valence-corrected chi connectivity index (χ2v) is 4.55. The summed E-state index contributed by atoms with van der Waals surface area (Å²) in [6, 6.07) is 5.40. The number of halogens is 1. The Labute approximate surface area is 125 Å². The van der Waals surface area contributed by atoms with Gasteiger partial charge >= 0.3 is 0 Å². The molecular formula is C13H14FN5O3. The standard InChI is InChI=1S/C13H14FN5O3/c1-8(7-20)16-12-11(14)6-15-13(18-12)17-9-3-2-4-10(5-9)19(21)22/h2-6,8,20H,7H2,1H3,(H2,15,16,17,18). The zero-order chi connectivity index (χ0) is 16.1. The lowest BCUT2D eigenvalue weighted by Crippen LogP contribution is -2.21. The second-order valence-electron chi connectivity index (χ2n) is 4.55. The molecule has 8 nitrogen and oxygen atoms in total. The van der Waals surface area contributed by atoms with Gasteiger partial charge in [-0.15, -0.1) is 0 Å². The number of hydrogen-bond acceptors (Lipinski definition) is 7. The Morgan fingerprint density at radius 2 is 2.27 bits per heavy atom. The Morgan fingerprint density at radius 3 is 2.95 bits per heavy atom. The van der Waals surface area contributed by atoms with Crippen molar-refractivity contribution in [3.8, 4) is 0 Å². The molecule has 1 heterocycles. The van der Waals surface area contributed by atoms with Crippen LogP contribution in [0.4, 0.5) is 27.5 Å². The van der Waals surface area contributed by atoms with E-state index in [4.69, 9.17) is 5.11 Å². The minimum absolute atomic E-state index is 0.0653. The third kappa shape index (κ3) is 3.85. The molecule has 0 amide bonds. The number of benzene rings is 1. The average molecular weight is 307 g/mol. The highest BCUT2D eigenvalue weighted by atomic mass is 19.1. The van der Waals surface area contributed by atoms with E-state index in [-0.39, 0.29) is 30.1 Å². The van der Waals surface area contributed by atoms with Gasteiger partial charge in [0.15, 0.2) is 11.6 Å². The summed E-state index contributed by atoms with van der Waals surface area (Å²) in [4.78, 5) is 17.9. The van der Waals surface area contributed by atoms with Gasteiger partial charge in [-0.25, -0.2) is 9.37 Å². The van der Waals surface area contributed by atoms with Gasteiger partial charge in [0.2, 0.25) is 5.95 Å². The smallest absolute Gasteiger partial charge is 0.271 e. The molecule has 0 aliphatic heterocycles. The molecule has 0 radical (unpaired) electrons. The van der Waals surface area contributed by atoms with Crippen LogP contribution in [-0.2, 0) is 0 Å². The van der Waals surface area contributed by atoms with Gasteiger partial charge < -0.3 is 15.7 Å². The van der Waals surface area contributed by atoms with E-state index in [2.05, 4.69) is 20.6 Å². The Morgan fingerprint density at radius 1 is 1.50 bits per heavy atom. The Balaban J connectivity index is 2.21. The Kier molecular flexibility index (Phi) is 4.79. The van der Waals surface area contributed by atoms with Crippen LogP contribution in [0.25, 0.3) is 0 Å². The van der Waals surface area contributed by atoms with Crippen LogP contribution in [0.5, 0.6) is 0 Å². The van der Waals surface area contributed by atoms with Gasteiger partial charge in [-0.1, -0.05) is 6.07 Å². The number of aliphatic hydroxyl groups is 1. The van der Waals surface area contributed by atoms with Gasteiger partial charge in [0.25, 0.3) is 5.69 Å². The third-order valence-corrected chi connectivity index (χ3v) is 2.71. The van der Waals surface area contributed by atoms with Crippen LogP contribution in [0, 0.1) is 15.9 Å². The Hall–Kier alpha value is -2.81. The molecule has 1 aromatic carbocycles. The molecule has 3 N–H and O–H groups in total. The van der Waals surface area contributed by atoms with Crippen LogP contribution in [0.1, 0.15) is 6.92 Å². The zero-order valence-electron chi connectivity index (χ0n) is 11.7. The van der Waals surface area contributed by atoms with Crippen molar-refractivity contribution in [2.24, 2.45) is 0 Å². The maximum Gasteiger partial charge on any atom is 0.271 e. The van der Waals surface area contributed by atoms with Crippen molar-refractivity contribution in [1.82, 2.24) is 9.97 Å². The van der Waals surface area contributed by atoms with Gasteiger partial charge in [-0.05, 0) is 13.0 Å². The van der Waals surface area contributed by atoms with E-state index in [0.29, 0.717) is 5.69 Å². The summed E-state index contributed by atoms with van der Waals surface area (Å²) < 4.78 is 13.6. The number of rotatable bonds is 6. The molecular weight excluding hydrogens is 293 g/mol. The van der Waals surface area contributed by atoms with E-state index < -0.39 is 10.7 Å². The molecule has 0 saturated heterocycles. The first kappa shape index (κ1) is 15.6. The number of aromatic nitrogens is 2. The van der Waals surface area contributed by atoms with Crippen molar-refractivity contribution in [2.45, 2.75) is 13.0 Å². The van der Waals surface area contributed by atoms with Gasteiger partial charge in [-0.2, -0.15) is 4.98 Å². The SMILES string of the molecule is CC(CO)Nc1nc(Nc2cccc([N+](=O)[O-])c2)ncc1F. The second kappa shape index (κ2) is 6.76. The van der Waals surface area contributed by atoms with E-state index in [1.807, 2.05) is 0 Å². The van der Waals surface area contributed by atoms with Crippen LogP contribution in [0.15, 0.2) is 30.5 Å². The van der Waals surface area contributed by atoms with Crippen molar-refractivity contribution in [2.75, 3.05) is 17.2 Å². The fourth-order valence-electron chi connectivity index (χ4n) is 1.63. The highest BCUT2D eigenvalue weighted by Gasteiger charge is 2.11. The molecule has 22 heavy (non-hydrogen) atoms. The number of nitrogens with one attached hydrogen (secondary N) is 2. The molecule has 1 aromatic heterocycles. The van der Waals surface area contributed by atoms with Gasteiger partial charge in [0, 0.05) is 23.9 Å². The number of aliphatic hydroxyl groups excluding tert-OH is 1. The normalized spacial score (nSPS) is 11.8. The zero-order valence-corrected chi connectivity index (χ0v) is 11.7. The number of nitro groups is 1. The summed E-state index contributed by atoms with van der Waals surface area (Å²) in [6.45, 7) is 1.48. The summed E-state index contributed by atoms with van der Waals surface area (Å²) in [5, 5.41) is 25.1. The van der Waals surface area contributed by atoms with Crippen molar-refractivity contribution in [1.29, 1.82) is 0 Å². The topological polar surface area (TPSA) is 113 Å². The first-order valence-corrected chi connectivity index (χ1v) is 6.41. The molecule has 0 fully saturated rings. The highest BCUT2D eigenvalue weighted by Crippen LogP contribution is 2.21. The predicted molar refractivity (Wildman–Crippen MR) is 78.5 cm³/mol. The van der Waals surface area contributed by atoms with Crippen LogP contribution < -0.4 is 10.6 Å². The molecule has 0 aliphatic carbocycles. The number of non-ortho nitro benzene ring substituents is 1. The molecule has 0 bridgehead atoms. The maximum absolute atomic E-state index is 13.6. The summed E-state index contributed by atoms with van der Waals surface area (Å²) >= 11 is 0. The summed E-state index contributed by atoms with van der Waals surface area (Å²) in [7, 11) is 0. The summed E-state index contributed by atoms with van der Waals surface area (Å²) in [6.07, 6.45) is 0.971. The highest BCUT2D eigenvalue weighted by molar-refractivity contribution is 5.58. The lowest BCUT2D eigenvalue weighted by atomic mass is 10.3. The molecule has 2 rings (SSSR count).